The molecule has 1 heterocycles. The van der Waals surface area contributed by atoms with Crippen LogP contribution in [0.1, 0.15) is 11.3 Å². The number of nitrogens with zero attached hydrogens (tertiary/aromatic N) is 1. The van der Waals surface area contributed by atoms with Crippen molar-refractivity contribution in [3.8, 4) is 0 Å². The van der Waals surface area contributed by atoms with Crippen LogP contribution in [0.3, 0.4) is 0 Å². The number of hydrogen-bond donors (Lipinski definition) is 1. The van der Waals surface area contributed by atoms with Crippen LogP contribution in [-0.2, 0) is 26.2 Å². The lowest BCUT2D eigenvalue weighted by Crippen LogP contribution is -2.40. The summed E-state index contributed by atoms with van der Waals surface area (Å²) in [5.74, 6) is -0.444. The molecule has 0 aliphatic rings. The number of thiophene rings is 1. The number of ether oxygens (including phenoxy) is 1. The van der Waals surface area contributed by atoms with Crippen LogP contribution in [0.2, 0.25) is 4.34 Å². The minimum Gasteiger partial charge on any atom is -0.469 e. The summed E-state index contributed by atoms with van der Waals surface area (Å²) in [6.45, 7) is 0.356. The van der Waals surface area contributed by atoms with Gasteiger partial charge in [0, 0.05) is 25.0 Å². The van der Waals surface area contributed by atoms with E-state index >= 15 is 0 Å². The Hall–Kier alpha value is -0.670. The number of nitrogens with one attached hydrogen (secondary N) is 1. The zero-order valence-electron chi connectivity index (χ0n) is 11.3. The third kappa shape index (κ3) is 5.76. The van der Waals surface area contributed by atoms with Gasteiger partial charge in [-0.25, -0.2) is 4.72 Å². The lowest BCUT2D eigenvalue weighted by Gasteiger charge is -2.16. The Balaban J connectivity index is 2.38. The molecule has 0 spiro atoms. The summed E-state index contributed by atoms with van der Waals surface area (Å²) >= 11 is 7.21. The summed E-state index contributed by atoms with van der Waals surface area (Å²) in [5, 5.41) is 0. The van der Waals surface area contributed by atoms with Crippen LogP contribution < -0.4 is 4.72 Å². The van der Waals surface area contributed by atoms with Crippen LogP contribution in [0.4, 0.5) is 0 Å². The van der Waals surface area contributed by atoms with Gasteiger partial charge in [0.25, 0.3) is 10.2 Å². The van der Waals surface area contributed by atoms with E-state index in [1.807, 2.05) is 6.07 Å². The van der Waals surface area contributed by atoms with Gasteiger partial charge in [-0.2, -0.15) is 12.7 Å². The molecule has 0 saturated carbocycles. The molecule has 0 fully saturated rings. The number of rotatable bonds is 8. The molecule has 0 aliphatic heterocycles. The summed E-state index contributed by atoms with van der Waals surface area (Å²) in [4.78, 5) is 12.0. The molecule has 1 rings (SSSR count). The predicted molar refractivity (Wildman–Crippen MR) is 79.2 cm³/mol. The van der Waals surface area contributed by atoms with Crippen molar-refractivity contribution in [3.63, 3.8) is 0 Å². The van der Waals surface area contributed by atoms with Crippen molar-refractivity contribution in [1.29, 1.82) is 0 Å². The normalized spacial score (nSPS) is 11.8. The highest BCUT2D eigenvalue weighted by atomic mass is 35.5. The van der Waals surface area contributed by atoms with E-state index in [9.17, 15) is 13.2 Å². The largest absolute Gasteiger partial charge is 0.469 e. The van der Waals surface area contributed by atoms with Gasteiger partial charge in [-0.1, -0.05) is 11.6 Å². The maximum absolute atomic E-state index is 11.9. The van der Waals surface area contributed by atoms with E-state index in [2.05, 4.69) is 9.46 Å². The molecule has 0 aromatic carbocycles. The molecule has 20 heavy (non-hydrogen) atoms. The van der Waals surface area contributed by atoms with E-state index in [1.54, 1.807) is 6.07 Å². The van der Waals surface area contributed by atoms with E-state index in [0.717, 1.165) is 9.18 Å². The molecule has 9 heteroatoms. The summed E-state index contributed by atoms with van der Waals surface area (Å²) in [6.07, 6.45) is 0.593. The van der Waals surface area contributed by atoms with E-state index in [-0.39, 0.29) is 19.5 Å². The van der Waals surface area contributed by atoms with Crippen molar-refractivity contribution in [3.05, 3.63) is 21.3 Å². The molecule has 1 aromatic rings. The molecule has 1 aromatic heterocycles. The lowest BCUT2D eigenvalue weighted by atomic mass is 10.3. The van der Waals surface area contributed by atoms with Crippen molar-refractivity contribution in [2.24, 2.45) is 0 Å². The van der Waals surface area contributed by atoms with Crippen LogP contribution in [0.25, 0.3) is 0 Å². The molecule has 1 N–H and O–H groups in total. The number of carbonyl (C=O) groups excluding carboxylic acids is 1. The zero-order chi connectivity index (χ0) is 15.2. The Morgan fingerprint density at radius 2 is 2.20 bits per heavy atom. The van der Waals surface area contributed by atoms with Gasteiger partial charge in [0.15, 0.2) is 0 Å². The van der Waals surface area contributed by atoms with Crippen molar-refractivity contribution in [2.75, 3.05) is 27.2 Å². The first-order valence-corrected chi connectivity index (χ1v) is 8.50. The Morgan fingerprint density at radius 1 is 1.50 bits per heavy atom. The number of halogens is 1. The minimum absolute atomic E-state index is 0.0223. The molecule has 0 saturated heterocycles. The fourth-order valence-corrected chi connectivity index (χ4v) is 3.37. The second-order valence-electron chi connectivity index (χ2n) is 4.00. The average molecular weight is 341 g/mol. The monoisotopic (exact) mass is 340 g/mol. The topological polar surface area (TPSA) is 75.7 Å². The van der Waals surface area contributed by atoms with Crippen LogP contribution >= 0.6 is 22.9 Å². The van der Waals surface area contributed by atoms with Crippen LogP contribution in [0.15, 0.2) is 12.1 Å². The van der Waals surface area contributed by atoms with E-state index in [4.69, 9.17) is 11.6 Å². The molecule has 0 unspecified atom stereocenters. The third-order valence-electron chi connectivity index (χ3n) is 2.55. The lowest BCUT2D eigenvalue weighted by molar-refractivity contribution is -0.140. The van der Waals surface area contributed by atoms with E-state index in [0.29, 0.717) is 10.8 Å². The first-order chi connectivity index (χ1) is 9.35. The van der Waals surface area contributed by atoms with Crippen molar-refractivity contribution >= 4 is 39.1 Å². The van der Waals surface area contributed by atoms with E-state index < -0.39 is 16.2 Å². The number of esters is 1. The highest BCUT2D eigenvalue weighted by Gasteiger charge is 2.18. The quantitative estimate of drug-likeness (QED) is 0.723. The van der Waals surface area contributed by atoms with E-state index in [1.165, 1.54) is 25.5 Å². The first-order valence-electron chi connectivity index (χ1n) is 5.87. The maximum Gasteiger partial charge on any atom is 0.306 e. The number of methoxy groups -OCH3 is 1. The molecule has 0 atom stereocenters. The molecule has 0 amide bonds. The fraction of sp³-hybridized carbons (Fsp3) is 0.545. The van der Waals surface area contributed by atoms with Gasteiger partial charge < -0.3 is 4.74 Å². The molecule has 114 valence electrons. The van der Waals surface area contributed by atoms with Gasteiger partial charge in [-0.3, -0.25) is 4.79 Å². The number of carbonyl (C=O) groups is 1. The van der Waals surface area contributed by atoms with Crippen molar-refractivity contribution in [2.45, 2.75) is 12.8 Å². The van der Waals surface area contributed by atoms with Crippen LogP contribution in [0.5, 0.6) is 0 Å². The standard InChI is InChI=1S/C11H17ClN2O4S2/c1-14(8-6-11(15)18-2)20(16,17)13-7-5-9-3-4-10(12)19-9/h3-4,13H,5-8H2,1-2H3. The summed E-state index contributed by atoms with van der Waals surface area (Å²) in [6, 6.07) is 3.64. The number of hydrogen-bond acceptors (Lipinski definition) is 5. The maximum atomic E-state index is 11.9. The molecule has 0 bridgehead atoms. The highest BCUT2D eigenvalue weighted by Crippen LogP contribution is 2.21. The molecular formula is C11H17ClN2O4S2. The zero-order valence-corrected chi connectivity index (χ0v) is 13.6. The smallest absolute Gasteiger partial charge is 0.306 e. The fourth-order valence-electron chi connectivity index (χ4n) is 1.37. The summed E-state index contributed by atoms with van der Waals surface area (Å²) < 4.78 is 32.4. The average Bonchev–Trinajstić information content (AvgIpc) is 2.80. The SMILES string of the molecule is COC(=O)CCN(C)S(=O)(=O)NCCc1ccc(Cl)s1. The Bertz CT molecular complexity index is 544. The van der Waals surface area contributed by atoms with Gasteiger partial charge in [0.1, 0.15) is 0 Å². The summed E-state index contributed by atoms with van der Waals surface area (Å²) in [7, 11) is -0.905. The van der Waals surface area contributed by atoms with Gasteiger partial charge in [0.05, 0.1) is 17.9 Å². The second kappa shape index (κ2) is 7.94. The predicted octanol–water partition coefficient (Wildman–Crippen LogP) is 1.27. The summed E-state index contributed by atoms with van der Waals surface area (Å²) in [5.41, 5.74) is 0. The Kier molecular flexibility index (Phi) is 6.90. The second-order valence-corrected chi connectivity index (χ2v) is 7.66. The van der Waals surface area contributed by atoms with Crippen molar-refractivity contribution < 1.29 is 17.9 Å². The Morgan fingerprint density at radius 3 is 2.75 bits per heavy atom. The van der Waals surface area contributed by atoms with Crippen molar-refractivity contribution in [1.82, 2.24) is 9.03 Å². The first kappa shape index (κ1) is 17.4. The van der Waals surface area contributed by atoms with Crippen LogP contribution in [-0.4, -0.2) is 45.9 Å². The van der Waals surface area contributed by atoms with Gasteiger partial charge in [-0.15, -0.1) is 11.3 Å². The Labute approximate surface area is 127 Å². The van der Waals surface area contributed by atoms with Crippen LogP contribution in [0, 0.1) is 0 Å². The highest BCUT2D eigenvalue weighted by molar-refractivity contribution is 7.87. The minimum atomic E-state index is -3.58. The molecule has 6 nitrogen and oxygen atoms in total. The van der Waals surface area contributed by atoms with Gasteiger partial charge in [0.2, 0.25) is 0 Å². The third-order valence-corrected chi connectivity index (χ3v) is 5.42. The van der Waals surface area contributed by atoms with Gasteiger partial charge in [-0.05, 0) is 18.6 Å². The molecule has 0 aliphatic carbocycles. The molecule has 0 radical (unpaired) electrons. The molecular weight excluding hydrogens is 324 g/mol. The van der Waals surface area contributed by atoms with Gasteiger partial charge >= 0.3 is 5.97 Å².